The summed E-state index contributed by atoms with van der Waals surface area (Å²) in [4.78, 5) is 8.35. The van der Waals surface area contributed by atoms with Crippen LogP contribution in [0.15, 0.2) is 36.7 Å². The summed E-state index contributed by atoms with van der Waals surface area (Å²) in [6.07, 6.45) is 0.832. The van der Waals surface area contributed by atoms with Gasteiger partial charge in [-0.1, -0.05) is 5.21 Å². The van der Waals surface area contributed by atoms with Crippen molar-refractivity contribution in [3.63, 3.8) is 0 Å². The lowest BCUT2D eigenvalue weighted by Gasteiger charge is -2.28. The van der Waals surface area contributed by atoms with Crippen molar-refractivity contribution in [2.75, 3.05) is 38.1 Å². The van der Waals surface area contributed by atoms with Crippen LogP contribution in [0.1, 0.15) is 36.6 Å². The van der Waals surface area contributed by atoms with Crippen molar-refractivity contribution in [2.24, 2.45) is 5.41 Å². The van der Waals surface area contributed by atoms with Crippen LogP contribution in [0.4, 0.5) is 18.9 Å². The quantitative estimate of drug-likeness (QED) is 0.585. The highest BCUT2D eigenvalue weighted by atomic mass is 19.4. The van der Waals surface area contributed by atoms with Crippen LogP contribution in [-0.4, -0.2) is 64.3 Å². The Kier molecular flexibility index (Phi) is 4.49. The van der Waals surface area contributed by atoms with Crippen LogP contribution in [0.3, 0.4) is 0 Å². The van der Waals surface area contributed by atoms with Crippen LogP contribution >= 0.6 is 0 Å². The molecular formula is C24H24F3N7. The lowest BCUT2D eigenvalue weighted by molar-refractivity contribution is -0.186. The number of benzene rings is 1. The maximum absolute atomic E-state index is 14.5. The van der Waals surface area contributed by atoms with Crippen molar-refractivity contribution >= 4 is 16.6 Å². The van der Waals surface area contributed by atoms with Crippen molar-refractivity contribution in [2.45, 2.75) is 36.9 Å². The number of piperidine rings is 2. The molecule has 2 saturated heterocycles. The Morgan fingerprint density at radius 3 is 2.68 bits per heavy atom. The number of halogens is 3. The van der Waals surface area contributed by atoms with Gasteiger partial charge in [0.05, 0.1) is 33.6 Å². The van der Waals surface area contributed by atoms with E-state index in [1.165, 1.54) is 0 Å². The van der Waals surface area contributed by atoms with Crippen molar-refractivity contribution in [1.29, 1.82) is 5.26 Å². The number of alkyl halides is 3. The standard InChI is InChI=1S/C24H24F3N7/c1-32-9-6-17(7-10-32)34-12-20(30-31-34)22-13-23(22,24(25,26)27)15-33(14-22)19-5-4-16(11-28)21-18(19)3-2-8-29-21/h2-5,8,12,17H,6-7,9-10,13-15H2,1H3/t22-,23-/m0/s1. The van der Waals surface area contributed by atoms with Gasteiger partial charge in [0.25, 0.3) is 0 Å². The van der Waals surface area contributed by atoms with Gasteiger partial charge >= 0.3 is 6.18 Å². The van der Waals surface area contributed by atoms with Gasteiger partial charge in [-0.25, -0.2) is 4.68 Å². The number of hydrogen-bond acceptors (Lipinski definition) is 6. The zero-order valence-electron chi connectivity index (χ0n) is 18.8. The van der Waals surface area contributed by atoms with Gasteiger partial charge in [0.2, 0.25) is 0 Å². The number of aromatic nitrogens is 4. The maximum Gasteiger partial charge on any atom is 0.397 e. The molecule has 0 spiro atoms. The first-order valence-electron chi connectivity index (χ1n) is 11.5. The van der Waals surface area contributed by atoms with Gasteiger partial charge in [-0.05, 0) is 63.7 Å². The molecule has 7 nitrogen and oxygen atoms in total. The number of pyridine rings is 1. The topological polar surface area (TPSA) is 73.9 Å². The van der Waals surface area contributed by atoms with Crippen LogP contribution in [0, 0.1) is 16.7 Å². The third-order valence-electron chi connectivity index (χ3n) is 8.13. The molecule has 3 fully saturated rings. The monoisotopic (exact) mass is 467 g/mol. The molecule has 0 radical (unpaired) electrons. The van der Waals surface area contributed by atoms with Crippen molar-refractivity contribution in [3.05, 3.63) is 47.9 Å². The van der Waals surface area contributed by atoms with Crippen molar-refractivity contribution in [3.8, 4) is 6.07 Å². The number of likely N-dealkylation sites (tertiary alicyclic amines) is 1. The van der Waals surface area contributed by atoms with E-state index >= 15 is 0 Å². The third-order valence-corrected chi connectivity index (χ3v) is 8.13. The van der Waals surface area contributed by atoms with Crippen LogP contribution in [0.2, 0.25) is 0 Å². The zero-order valence-corrected chi connectivity index (χ0v) is 18.8. The van der Waals surface area contributed by atoms with E-state index < -0.39 is 17.0 Å². The Balaban J connectivity index is 1.38. The van der Waals surface area contributed by atoms with E-state index in [9.17, 15) is 18.4 Å². The normalized spacial score (nSPS) is 27.7. The van der Waals surface area contributed by atoms with Crippen molar-refractivity contribution in [1.82, 2.24) is 24.9 Å². The molecule has 2 atom stereocenters. The molecule has 4 heterocycles. The van der Waals surface area contributed by atoms with E-state index in [0.717, 1.165) is 25.9 Å². The average molecular weight is 467 g/mol. The predicted molar refractivity (Wildman–Crippen MR) is 119 cm³/mol. The Morgan fingerprint density at radius 2 is 1.94 bits per heavy atom. The van der Waals surface area contributed by atoms with Gasteiger partial charge in [0, 0.05) is 36.6 Å². The molecule has 0 unspecified atom stereocenters. The lowest BCUT2D eigenvalue weighted by atomic mass is 9.93. The molecular weight excluding hydrogens is 443 g/mol. The number of nitrogens with zero attached hydrogens (tertiary/aromatic N) is 7. The zero-order chi connectivity index (χ0) is 23.7. The molecule has 0 bridgehead atoms. The summed E-state index contributed by atoms with van der Waals surface area (Å²) >= 11 is 0. The molecule has 3 aromatic rings. The van der Waals surface area contributed by atoms with Crippen LogP contribution in [0.25, 0.3) is 10.9 Å². The fourth-order valence-corrected chi connectivity index (χ4v) is 6.10. The Hall–Kier alpha value is -3.19. The van der Waals surface area contributed by atoms with Gasteiger partial charge < -0.3 is 9.80 Å². The summed E-state index contributed by atoms with van der Waals surface area (Å²) in [6.45, 7) is 1.93. The SMILES string of the molecule is CN1CCC(n2cc([C@]34CN(c5ccc(C#N)c6ncccc56)C[C@@]3(C(F)(F)F)C4)nn2)CC1. The molecule has 6 rings (SSSR count). The fraction of sp³-hybridized carbons (Fsp3) is 0.500. The largest absolute Gasteiger partial charge is 0.397 e. The number of anilines is 1. The summed E-state index contributed by atoms with van der Waals surface area (Å²) in [5, 5.41) is 18.7. The molecule has 0 amide bonds. The molecule has 34 heavy (non-hydrogen) atoms. The summed E-state index contributed by atoms with van der Waals surface area (Å²) in [5.41, 5.74) is -0.952. The molecule has 2 aliphatic heterocycles. The van der Waals surface area contributed by atoms with Gasteiger partial charge in [0.1, 0.15) is 6.07 Å². The first-order valence-corrected chi connectivity index (χ1v) is 11.5. The van der Waals surface area contributed by atoms with Crippen molar-refractivity contribution < 1.29 is 13.2 Å². The highest BCUT2D eigenvalue weighted by Gasteiger charge is 2.84. The maximum atomic E-state index is 14.5. The predicted octanol–water partition coefficient (Wildman–Crippen LogP) is 3.68. The summed E-state index contributed by atoms with van der Waals surface area (Å²) in [7, 11) is 2.07. The average Bonchev–Trinajstić information content (AvgIpc) is 3.14. The van der Waals surface area contributed by atoms with Crippen LogP contribution in [-0.2, 0) is 5.41 Å². The van der Waals surface area contributed by atoms with Gasteiger partial charge in [-0.2, -0.15) is 18.4 Å². The molecule has 1 aliphatic carbocycles. The number of nitriles is 1. The van der Waals surface area contributed by atoms with E-state index in [4.69, 9.17) is 0 Å². The third kappa shape index (κ3) is 2.89. The molecule has 10 heteroatoms. The summed E-state index contributed by atoms with van der Waals surface area (Å²) < 4.78 is 45.3. The second kappa shape index (κ2) is 7.15. The Bertz CT molecular complexity index is 1300. The second-order valence-corrected chi connectivity index (χ2v) is 9.96. The minimum atomic E-state index is -4.36. The Morgan fingerprint density at radius 1 is 1.15 bits per heavy atom. The lowest BCUT2D eigenvalue weighted by Crippen LogP contribution is -2.34. The van der Waals surface area contributed by atoms with E-state index in [0.29, 0.717) is 27.8 Å². The van der Waals surface area contributed by atoms with E-state index in [-0.39, 0.29) is 25.6 Å². The van der Waals surface area contributed by atoms with Gasteiger partial charge in [-0.3, -0.25) is 4.98 Å². The van der Waals surface area contributed by atoms with E-state index in [1.807, 2.05) is 6.07 Å². The molecule has 1 aromatic carbocycles. The molecule has 2 aromatic heterocycles. The highest BCUT2D eigenvalue weighted by Crippen LogP contribution is 2.75. The fourth-order valence-electron chi connectivity index (χ4n) is 6.10. The first kappa shape index (κ1) is 21.4. The van der Waals surface area contributed by atoms with Crippen LogP contribution in [0.5, 0.6) is 0 Å². The minimum Gasteiger partial charge on any atom is -0.369 e. The minimum absolute atomic E-state index is 0.0263. The molecule has 1 saturated carbocycles. The summed E-state index contributed by atoms with van der Waals surface area (Å²) in [6, 6.07) is 9.21. The number of hydrogen-bond donors (Lipinski definition) is 0. The van der Waals surface area contributed by atoms with E-state index in [1.54, 1.807) is 40.2 Å². The Labute approximate surface area is 194 Å². The first-order chi connectivity index (χ1) is 16.3. The van der Waals surface area contributed by atoms with Gasteiger partial charge in [-0.15, -0.1) is 5.10 Å². The van der Waals surface area contributed by atoms with Crippen LogP contribution < -0.4 is 4.90 Å². The number of rotatable bonds is 3. The highest BCUT2D eigenvalue weighted by molar-refractivity contribution is 5.95. The molecule has 3 aliphatic rings. The van der Waals surface area contributed by atoms with Gasteiger partial charge in [0.15, 0.2) is 0 Å². The molecule has 176 valence electrons. The molecule has 0 N–H and O–H groups in total. The summed E-state index contributed by atoms with van der Waals surface area (Å²) in [5.74, 6) is 0. The second-order valence-electron chi connectivity index (χ2n) is 9.96. The number of fused-ring (bicyclic) bond motifs is 2. The van der Waals surface area contributed by atoms with E-state index in [2.05, 4.69) is 33.3 Å². The smallest absolute Gasteiger partial charge is 0.369 e.